The number of H-pyrrole nitrogens is 1. The Kier molecular flexibility index (Phi) is 7.71. The third kappa shape index (κ3) is 5.58. The van der Waals surface area contributed by atoms with Crippen LogP contribution in [-0.2, 0) is 16.6 Å². The van der Waals surface area contributed by atoms with Gasteiger partial charge in [0.1, 0.15) is 5.82 Å². The monoisotopic (exact) mass is 492 g/mol. The Morgan fingerprint density at radius 2 is 1.83 bits per heavy atom. The summed E-state index contributed by atoms with van der Waals surface area (Å²) in [7, 11) is 0. The lowest BCUT2D eigenvalue weighted by atomic mass is 9.64. The third-order valence-corrected chi connectivity index (χ3v) is 6.88. The zero-order chi connectivity index (χ0) is 25.9. The molecule has 1 heterocycles. The van der Waals surface area contributed by atoms with Crippen molar-refractivity contribution < 1.29 is 9.18 Å². The second-order valence-electron chi connectivity index (χ2n) is 10.9. The van der Waals surface area contributed by atoms with Crippen molar-refractivity contribution in [3.05, 3.63) is 64.7 Å². The van der Waals surface area contributed by atoms with E-state index in [0.717, 1.165) is 54.9 Å². The SMILES string of the molecule is Cc1ccc(CC(=O)Nc2cc(C3(c4nn[nH]n4)CCC3)ccc2N(CC(C)C)CC(C)C)c(F)c1. The fourth-order valence-corrected chi connectivity index (χ4v) is 5.06. The minimum atomic E-state index is -0.356. The van der Waals surface area contributed by atoms with Crippen molar-refractivity contribution >= 4 is 17.3 Å². The second-order valence-corrected chi connectivity index (χ2v) is 10.9. The van der Waals surface area contributed by atoms with Crippen molar-refractivity contribution in [1.29, 1.82) is 0 Å². The van der Waals surface area contributed by atoms with Gasteiger partial charge in [0.25, 0.3) is 0 Å². The summed E-state index contributed by atoms with van der Waals surface area (Å²) in [5.74, 6) is 0.983. The standard InChI is InChI=1S/C28H37FN6O/c1-18(2)16-35(17-19(3)4)25-10-9-22(28(11-6-12-28)27-31-33-34-32-27)15-24(25)30-26(36)14-21-8-7-20(5)13-23(21)29/h7-10,13,15,18-19H,6,11-12,14,16-17H2,1-5H3,(H,30,36)(H,31,32,33,34). The first-order valence-corrected chi connectivity index (χ1v) is 12.9. The van der Waals surface area contributed by atoms with E-state index in [2.05, 4.69) is 76.7 Å². The van der Waals surface area contributed by atoms with Crippen LogP contribution in [0, 0.1) is 24.6 Å². The molecule has 4 rings (SSSR count). The van der Waals surface area contributed by atoms with Gasteiger partial charge in [-0.15, -0.1) is 10.2 Å². The fourth-order valence-electron chi connectivity index (χ4n) is 5.06. The number of nitrogens with zero attached hydrogens (tertiary/aromatic N) is 4. The third-order valence-electron chi connectivity index (χ3n) is 6.88. The molecule has 0 aliphatic heterocycles. The van der Waals surface area contributed by atoms with Crippen LogP contribution in [0.25, 0.3) is 0 Å². The number of amides is 1. The molecule has 1 saturated carbocycles. The molecule has 36 heavy (non-hydrogen) atoms. The molecule has 0 atom stereocenters. The number of halogens is 1. The van der Waals surface area contributed by atoms with Gasteiger partial charge >= 0.3 is 0 Å². The highest BCUT2D eigenvalue weighted by molar-refractivity contribution is 5.96. The number of benzene rings is 2. The van der Waals surface area contributed by atoms with Crippen molar-refractivity contribution in [1.82, 2.24) is 20.6 Å². The van der Waals surface area contributed by atoms with Gasteiger partial charge in [0.05, 0.1) is 23.2 Å². The van der Waals surface area contributed by atoms with Gasteiger partial charge in [0, 0.05) is 13.1 Å². The topological polar surface area (TPSA) is 86.8 Å². The molecule has 0 bridgehead atoms. The summed E-state index contributed by atoms with van der Waals surface area (Å²) >= 11 is 0. The minimum Gasteiger partial charge on any atom is -0.369 e. The lowest BCUT2D eigenvalue weighted by Crippen LogP contribution is -2.37. The molecular formula is C28H37FN6O. The van der Waals surface area contributed by atoms with E-state index in [4.69, 9.17) is 0 Å². The Balaban J connectivity index is 1.71. The Hall–Kier alpha value is -3.29. The number of rotatable bonds is 10. The van der Waals surface area contributed by atoms with Crippen LogP contribution >= 0.6 is 0 Å². The summed E-state index contributed by atoms with van der Waals surface area (Å²) in [5.41, 5.74) is 3.68. The first-order chi connectivity index (χ1) is 17.2. The molecule has 192 valence electrons. The Morgan fingerprint density at radius 1 is 1.11 bits per heavy atom. The highest BCUT2D eigenvalue weighted by Crippen LogP contribution is 2.48. The number of tetrazole rings is 1. The molecule has 1 aliphatic rings. The molecule has 1 aromatic heterocycles. The van der Waals surface area contributed by atoms with E-state index in [1.54, 1.807) is 6.07 Å². The van der Waals surface area contributed by atoms with Gasteiger partial charge in [-0.1, -0.05) is 57.5 Å². The smallest absolute Gasteiger partial charge is 0.228 e. The van der Waals surface area contributed by atoms with Crippen LogP contribution in [0.5, 0.6) is 0 Å². The summed E-state index contributed by atoms with van der Waals surface area (Å²) in [6.45, 7) is 12.3. The molecule has 3 aromatic rings. The Labute approximate surface area is 212 Å². The van der Waals surface area contributed by atoms with E-state index < -0.39 is 0 Å². The number of aromatic amines is 1. The number of hydrogen-bond acceptors (Lipinski definition) is 5. The second kappa shape index (κ2) is 10.8. The molecule has 0 unspecified atom stereocenters. The quantitative estimate of drug-likeness (QED) is 0.395. The predicted octanol–water partition coefficient (Wildman–Crippen LogP) is 5.42. The summed E-state index contributed by atoms with van der Waals surface area (Å²) < 4.78 is 14.5. The molecule has 2 N–H and O–H groups in total. The van der Waals surface area contributed by atoms with Crippen LogP contribution < -0.4 is 10.2 Å². The van der Waals surface area contributed by atoms with Crippen LogP contribution in [0.2, 0.25) is 0 Å². The van der Waals surface area contributed by atoms with Gasteiger partial charge in [-0.25, -0.2) is 4.39 Å². The number of hydrogen-bond donors (Lipinski definition) is 2. The molecule has 2 aromatic carbocycles. The van der Waals surface area contributed by atoms with Gasteiger partial charge in [-0.3, -0.25) is 4.79 Å². The maximum atomic E-state index is 14.5. The summed E-state index contributed by atoms with van der Waals surface area (Å²) in [6, 6.07) is 11.3. The highest BCUT2D eigenvalue weighted by atomic mass is 19.1. The lowest BCUT2D eigenvalue weighted by Gasteiger charge is -2.40. The normalized spacial score (nSPS) is 14.7. The summed E-state index contributed by atoms with van der Waals surface area (Å²) in [6.07, 6.45) is 2.91. The number of carbonyl (C=O) groups is 1. The Bertz CT molecular complexity index is 1180. The lowest BCUT2D eigenvalue weighted by molar-refractivity contribution is -0.115. The Morgan fingerprint density at radius 3 is 2.39 bits per heavy atom. The van der Waals surface area contributed by atoms with Gasteiger partial charge < -0.3 is 10.2 Å². The van der Waals surface area contributed by atoms with E-state index in [0.29, 0.717) is 23.2 Å². The largest absolute Gasteiger partial charge is 0.369 e. The van der Waals surface area contributed by atoms with Gasteiger partial charge in [-0.2, -0.15) is 5.21 Å². The number of aryl methyl sites for hydroxylation is 1. The molecule has 1 amide bonds. The van der Waals surface area contributed by atoms with E-state index >= 15 is 0 Å². The van der Waals surface area contributed by atoms with Crippen LogP contribution in [0.15, 0.2) is 36.4 Å². The molecule has 1 fully saturated rings. The molecule has 7 nitrogen and oxygen atoms in total. The number of anilines is 2. The first kappa shape index (κ1) is 25.8. The summed E-state index contributed by atoms with van der Waals surface area (Å²) in [4.78, 5) is 15.5. The van der Waals surface area contributed by atoms with Gasteiger partial charge in [-0.05, 0) is 66.5 Å². The van der Waals surface area contributed by atoms with E-state index in [9.17, 15) is 9.18 Å². The maximum absolute atomic E-state index is 14.5. The minimum absolute atomic E-state index is 0.0277. The van der Waals surface area contributed by atoms with Crippen LogP contribution in [0.3, 0.4) is 0 Å². The molecule has 0 spiro atoms. The molecular weight excluding hydrogens is 455 g/mol. The molecule has 8 heteroatoms. The zero-order valence-electron chi connectivity index (χ0n) is 21.9. The zero-order valence-corrected chi connectivity index (χ0v) is 21.9. The van der Waals surface area contributed by atoms with Crippen molar-refractivity contribution in [2.24, 2.45) is 11.8 Å². The van der Waals surface area contributed by atoms with Gasteiger partial charge in [0.2, 0.25) is 5.91 Å². The van der Waals surface area contributed by atoms with Crippen molar-refractivity contribution in [2.45, 2.75) is 65.7 Å². The highest BCUT2D eigenvalue weighted by Gasteiger charge is 2.44. The van der Waals surface area contributed by atoms with E-state index in [-0.39, 0.29) is 23.6 Å². The number of nitrogens with one attached hydrogen (secondary N) is 2. The first-order valence-electron chi connectivity index (χ1n) is 12.9. The average Bonchev–Trinajstić information content (AvgIpc) is 3.29. The van der Waals surface area contributed by atoms with Crippen LogP contribution in [-0.4, -0.2) is 39.6 Å². The molecule has 0 saturated heterocycles. The average molecular weight is 493 g/mol. The van der Waals surface area contributed by atoms with Crippen molar-refractivity contribution in [3.8, 4) is 0 Å². The fraction of sp³-hybridized carbons (Fsp3) is 0.500. The maximum Gasteiger partial charge on any atom is 0.228 e. The number of aromatic nitrogens is 4. The summed E-state index contributed by atoms with van der Waals surface area (Å²) in [5, 5.41) is 18.1. The molecule has 0 radical (unpaired) electrons. The van der Waals surface area contributed by atoms with Crippen molar-refractivity contribution in [2.75, 3.05) is 23.3 Å². The van der Waals surface area contributed by atoms with Crippen LogP contribution in [0.1, 0.15) is 69.5 Å². The van der Waals surface area contributed by atoms with Gasteiger partial charge in [0.15, 0.2) is 5.82 Å². The molecule has 1 aliphatic carbocycles. The van der Waals surface area contributed by atoms with Crippen molar-refractivity contribution in [3.63, 3.8) is 0 Å². The van der Waals surface area contributed by atoms with E-state index in [1.807, 2.05) is 13.0 Å². The predicted molar refractivity (Wildman–Crippen MR) is 141 cm³/mol. The number of carbonyl (C=O) groups excluding carboxylic acids is 1. The van der Waals surface area contributed by atoms with E-state index in [1.165, 1.54) is 6.07 Å². The van der Waals surface area contributed by atoms with Crippen LogP contribution in [0.4, 0.5) is 15.8 Å².